The molecule has 84 valence electrons. The standard InChI is InChI=1S/C7H9BrClN3O2S/c1-12(2)11-15(13,14)6-3-5(8)4-10-7(6)9/h3-4,11H,1-2H3. The average molecular weight is 315 g/mol. The Morgan fingerprint density at radius 1 is 1.53 bits per heavy atom. The molecule has 1 aromatic heterocycles. The summed E-state index contributed by atoms with van der Waals surface area (Å²) in [6, 6.07) is 1.39. The highest BCUT2D eigenvalue weighted by atomic mass is 79.9. The minimum Gasteiger partial charge on any atom is -0.242 e. The van der Waals surface area contributed by atoms with E-state index in [1.165, 1.54) is 17.3 Å². The Bertz CT molecular complexity index is 463. The Balaban J connectivity index is 3.21. The van der Waals surface area contributed by atoms with Crippen molar-refractivity contribution in [3.05, 3.63) is 21.9 Å². The number of halogens is 2. The second-order valence-corrected chi connectivity index (χ2v) is 5.83. The van der Waals surface area contributed by atoms with Gasteiger partial charge < -0.3 is 0 Å². The molecule has 5 nitrogen and oxygen atoms in total. The molecule has 8 heteroatoms. The molecular weight excluding hydrogens is 306 g/mol. The predicted octanol–water partition coefficient (Wildman–Crippen LogP) is 1.25. The van der Waals surface area contributed by atoms with E-state index in [9.17, 15) is 8.42 Å². The zero-order valence-corrected chi connectivity index (χ0v) is 11.2. The van der Waals surface area contributed by atoms with Gasteiger partial charge in [-0.1, -0.05) is 11.6 Å². The second kappa shape index (κ2) is 4.75. The van der Waals surface area contributed by atoms with Crippen LogP contribution in [0, 0.1) is 0 Å². The normalized spacial score (nSPS) is 12.1. The van der Waals surface area contributed by atoms with Gasteiger partial charge in [-0.25, -0.2) is 18.4 Å². The highest BCUT2D eigenvalue weighted by Crippen LogP contribution is 2.22. The number of aromatic nitrogens is 1. The third-order valence-corrected chi connectivity index (χ3v) is 3.71. The molecule has 1 heterocycles. The monoisotopic (exact) mass is 313 g/mol. The highest BCUT2D eigenvalue weighted by molar-refractivity contribution is 9.10. The lowest BCUT2D eigenvalue weighted by molar-refractivity contribution is 0.364. The van der Waals surface area contributed by atoms with Crippen LogP contribution in [-0.2, 0) is 10.0 Å². The number of nitrogens with zero attached hydrogens (tertiary/aromatic N) is 2. The molecule has 0 saturated heterocycles. The first kappa shape index (κ1) is 12.9. The number of hydrazine groups is 1. The van der Waals surface area contributed by atoms with E-state index in [1.54, 1.807) is 14.1 Å². The first-order valence-corrected chi connectivity index (χ1v) is 6.49. The zero-order chi connectivity index (χ0) is 11.6. The van der Waals surface area contributed by atoms with Crippen LogP contribution < -0.4 is 4.83 Å². The molecule has 0 bridgehead atoms. The van der Waals surface area contributed by atoms with Gasteiger partial charge in [0.15, 0.2) is 0 Å². The SMILES string of the molecule is CN(C)NS(=O)(=O)c1cc(Br)cnc1Cl. The van der Waals surface area contributed by atoms with E-state index in [1.807, 2.05) is 0 Å². The number of pyridine rings is 1. The highest BCUT2D eigenvalue weighted by Gasteiger charge is 2.19. The summed E-state index contributed by atoms with van der Waals surface area (Å²) in [5, 5.41) is 1.25. The number of sulfonamides is 1. The van der Waals surface area contributed by atoms with E-state index < -0.39 is 10.0 Å². The van der Waals surface area contributed by atoms with Crippen LogP contribution in [0.3, 0.4) is 0 Å². The molecular formula is C7H9BrClN3O2S. The van der Waals surface area contributed by atoms with E-state index in [2.05, 4.69) is 25.7 Å². The van der Waals surface area contributed by atoms with Gasteiger partial charge in [0.25, 0.3) is 10.0 Å². The van der Waals surface area contributed by atoms with Crippen molar-refractivity contribution < 1.29 is 8.42 Å². The lowest BCUT2D eigenvalue weighted by Gasteiger charge is -2.13. The topological polar surface area (TPSA) is 62.3 Å². The number of nitrogens with one attached hydrogen (secondary N) is 1. The van der Waals surface area contributed by atoms with Crippen molar-refractivity contribution in [2.75, 3.05) is 14.1 Å². The fourth-order valence-electron chi connectivity index (χ4n) is 0.882. The fraction of sp³-hybridized carbons (Fsp3) is 0.286. The van der Waals surface area contributed by atoms with Crippen LogP contribution in [0.15, 0.2) is 21.6 Å². The molecule has 0 spiro atoms. The molecule has 1 rings (SSSR count). The summed E-state index contributed by atoms with van der Waals surface area (Å²) < 4.78 is 24.0. The summed E-state index contributed by atoms with van der Waals surface area (Å²) >= 11 is 8.82. The second-order valence-electron chi connectivity index (χ2n) is 2.93. The van der Waals surface area contributed by atoms with E-state index in [-0.39, 0.29) is 10.0 Å². The summed E-state index contributed by atoms with van der Waals surface area (Å²) in [6.45, 7) is 0. The van der Waals surface area contributed by atoms with Crippen molar-refractivity contribution in [1.29, 1.82) is 0 Å². The quantitative estimate of drug-likeness (QED) is 0.674. The first-order valence-electron chi connectivity index (χ1n) is 3.84. The van der Waals surface area contributed by atoms with Crippen molar-refractivity contribution in [2.24, 2.45) is 0 Å². The van der Waals surface area contributed by atoms with Gasteiger partial charge in [-0.2, -0.15) is 0 Å². The van der Waals surface area contributed by atoms with Gasteiger partial charge >= 0.3 is 0 Å². The maximum absolute atomic E-state index is 11.7. The summed E-state index contributed by atoms with van der Waals surface area (Å²) in [4.78, 5) is 5.93. The number of hydrogen-bond acceptors (Lipinski definition) is 4. The minimum atomic E-state index is -3.66. The Kier molecular flexibility index (Phi) is 4.07. The molecule has 0 atom stereocenters. The lowest BCUT2D eigenvalue weighted by Crippen LogP contribution is -2.36. The first-order chi connectivity index (χ1) is 6.83. The average Bonchev–Trinajstić information content (AvgIpc) is 2.06. The maximum atomic E-state index is 11.7. The number of rotatable bonds is 3. The molecule has 1 aromatic rings. The predicted molar refractivity (Wildman–Crippen MR) is 61.0 cm³/mol. The lowest BCUT2D eigenvalue weighted by atomic mass is 10.5. The molecule has 0 saturated carbocycles. The molecule has 0 amide bonds. The van der Waals surface area contributed by atoms with Gasteiger partial charge in [0.05, 0.1) is 0 Å². The largest absolute Gasteiger partial charge is 0.256 e. The molecule has 0 unspecified atom stereocenters. The molecule has 0 radical (unpaired) electrons. The molecule has 0 aliphatic heterocycles. The summed E-state index contributed by atoms with van der Waals surface area (Å²) in [5.74, 6) is 0. The van der Waals surface area contributed by atoms with Crippen molar-refractivity contribution in [3.8, 4) is 0 Å². The van der Waals surface area contributed by atoms with Crippen LogP contribution in [0.4, 0.5) is 0 Å². The molecule has 15 heavy (non-hydrogen) atoms. The van der Waals surface area contributed by atoms with Gasteiger partial charge in [0, 0.05) is 24.8 Å². The van der Waals surface area contributed by atoms with Crippen molar-refractivity contribution in [2.45, 2.75) is 4.90 Å². The van der Waals surface area contributed by atoms with Crippen LogP contribution in [0.25, 0.3) is 0 Å². The van der Waals surface area contributed by atoms with Gasteiger partial charge in [-0.15, -0.1) is 4.83 Å². The third kappa shape index (κ3) is 3.39. The molecule has 0 fully saturated rings. The summed E-state index contributed by atoms with van der Waals surface area (Å²) in [7, 11) is -0.529. The van der Waals surface area contributed by atoms with E-state index in [4.69, 9.17) is 11.6 Å². The molecule has 1 N–H and O–H groups in total. The van der Waals surface area contributed by atoms with E-state index in [0.29, 0.717) is 4.47 Å². The molecule has 0 aliphatic rings. The van der Waals surface area contributed by atoms with Crippen LogP contribution in [-0.4, -0.2) is 32.5 Å². The van der Waals surface area contributed by atoms with Crippen LogP contribution in [0.5, 0.6) is 0 Å². The minimum absolute atomic E-state index is 0.0625. The van der Waals surface area contributed by atoms with E-state index in [0.717, 1.165) is 0 Å². The van der Waals surface area contributed by atoms with Gasteiger partial charge in [0.1, 0.15) is 10.0 Å². The van der Waals surface area contributed by atoms with E-state index >= 15 is 0 Å². The van der Waals surface area contributed by atoms with Crippen molar-refractivity contribution >= 4 is 37.6 Å². The van der Waals surface area contributed by atoms with Gasteiger partial charge in [-0.3, -0.25) is 0 Å². The van der Waals surface area contributed by atoms with Gasteiger partial charge in [-0.05, 0) is 22.0 Å². The van der Waals surface area contributed by atoms with Crippen molar-refractivity contribution in [3.63, 3.8) is 0 Å². The van der Waals surface area contributed by atoms with Crippen LogP contribution in [0.2, 0.25) is 5.15 Å². The molecule has 0 aromatic carbocycles. The van der Waals surface area contributed by atoms with Crippen LogP contribution in [0.1, 0.15) is 0 Å². The third-order valence-electron chi connectivity index (χ3n) is 1.37. The maximum Gasteiger partial charge on any atom is 0.256 e. The Hall–Kier alpha value is -0.210. The van der Waals surface area contributed by atoms with Crippen LogP contribution >= 0.6 is 27.5 Å². The smallest absolute Gasteiger partial charge is 0.242 e. The zero-order valence-electron chi connectivity index (χ0n) is 8.03. The van der Waals surface area contributed by atoms with Gasteiger partial charge in [0.2, 0.25) is 0 Å². The van der Waals surface area contributed by atoms with Crippen molar-refractivity contribution in [1.82, 2.24) is 14.8 Å². The summed E-state index contributed by atoms with van der Waals surface area (Å²) in [5.41, 5.74) is 0. The Labute approximate surface area is 102 Å². The Morgan fingerprint density at radius 2 is 2.13 bits per heavy atom. The number of hydrogen-bond donors (Lipinski definition) is 1. The fourth-order valence-corrected chi connectivity index (χ4v) is 2.91. The molecule has 0 aliphatic carbocycles. The summed E-state index contributed by atoms with van der Waals surface area (Å²) in [6.07, 6.45) is 1.43. The Morgan fingerprint density at radius 3 is 2.67 bits per heavy atom.